The summed E-state index contributed by atoms with van der Waals surface area (Å²) >= 11 is 0. The molecule has 0 atom stereocenters. The number of rotatable bonds is 1. The van der Waals surface area contributed by atoms with Gasteiger partial charge in [0.05, 0.1) is 11.1 Å². The van der Waals surface area contributed by atoms with Crippen LogP contribution in [0.2, 0.25) is 0 Å². The van der Waals surface area contributed by atoms with Crippen LogP contribution in [-0.4, -0.2) is 0 Å². The Morgan fingerprint density at radius 3 is 1.85 bits per heavy atom. The molecule has 0 radical (unpaired) electrons. The Bertz CT molecular complexity index is 1520. The first-order valence-electron chi connectivity index (χ1n) is 11.9. The van der Waals surface area contributed by atoms with Crippen LogP contribution in [0.1, 0.15) is 22.3 Å². The predicted molar refractivity (Wildman–Crippen MR) is 137 cm³/mol. The van der Waals surface area contributed by atoms with Crippen LogP contribution >= 0.6 is 0 Å². The Kier molecular flexibility index (Phi) is 5.07. The van der Waals surface area contributed by atoms with Gasteiger partial charge < -0.3 is 0 Å². The zero-order valence-electron chi connectivity index (χ0n) is 19.7. The molecule has 5 aromatic rings. The van der Waals surface area contributed by atoms with Gasteiger partial charge in [-0.2, -0.15) is 9.13 Å². The Morgan fingerprint density at radius 2 is 1.15 bits per heavy atom. The summed E-state index contributed by atoms with van der Waals surface area (Å²) in [6.07, 6.45) is 4.58. The van der Waals surface area contributed by atoms with Crippen molar-refractivity contribution in [3.8, 4) is 33.6 Å². The van der Waals surface area contributed by atoms with Gasteiger partial charge in [0.25, 0.3) is 0 Å². The molecule has 0 bridgehead atoms. The zero-order chi connectivity index (χ0) is 23.1. The summed E-state index contributed by atoms with van der Waals surface area (Å²) in [7, 11) is 0. The van der Waals surface area contributed by atoms with Gasteiger partial charge in [-0.3, -0.25) is 0 Å². The van der Waals surface area contributed by atoms with E-state index >= 15 is 0 Å². The lowest BCUT2D eigenvalue weighted by atomic mass is 9.95. The van der Waals surface area contributed by atoms with Crippen molar-refractivity contribution in [2.45, 2.75) is 26.9 Å². The molecule has 0 N–H and O–H groups in total. The van der Waals surface area contributed by atoms with E-state index < -0.39 is 0 Å². The van der Waals surface area contributed by atoms with Crippen molar-refractivity contribution in [2.24, 2.45) is 0 Å². The van der Waals surface area contributed by atoms with Crippen molar-refractivity contribution in [2.75, 3.05) is 0 Å². The standard InChI is InChI=1S/C32H28N2/c1-23-16-17-33-20-26-12-6-9-15-29(26)32-19-24(2)30(25-10-4-3-5-11-25)22-34(32)21-27-13-7-8-14-28(27)31(33)18-23/h3-19,22H,20-21H2,1-2H3/q+2. The number of pyridine rings is 2. The summed E-state index contributed by atoms with van der Waals surface area (Å²) in [5.41, 5.74) is 12.9. The van der Waals surface area contributed by atoms with Crippen LogP contribution in [0.15, 0.2) is 109 Å². The Morgan fingerprint density at radius 1 is 0.559 bits per heavy atom. The average molecular weight is 441 g/mol. The SMILES string of the molecule is Cc1cc[n+]2c(c1)-c1ccccc1C[n+]1cc(-c3ccccc3)c(C)cc1-c1ccccc1C2. The monoisotopic (exact) mass is 440 g/mol. The van der Waals surface area contributed by atoms with Crippen LogP contribution in [0.3, 0.4) is 0 Å². The van der Waals surface area contributed by atoms with E-state index in [1.54, 1.807) is 0 Å². The second-order valence-electron chi connectivity index (χ2n) is 9.28. The molecule has 0 spiro atoms. The fraction of sp³-hybridized carbons (Fsp3) is 0.125. The minimum Gasteiger partial charge on any atom is -0.194 e. The maximum absolute atomic E-state index is 2.44. The summed E-state index contributed by atoms with van der Waals surface area (Å²) in [6.45, 7) is 6.05. The van der Waals surface area contributed by atoms with Crippen molar-refractivity contribution in [1.29, 1.82) is 0 Å². The summed E-state index contributed by atoms with van der Waals surface area (Å²) in [5, 5.41) is 0. The van der Waals surface area contributed by atoms with Gasteiger partial charge in [0, 0.05) is 34.9 Å². The van der Waals surface area contributed by atoms with E-state index in [1.165, 1.54) is 55.9 Å². The maximum atomic E-state index is 2.44. The lowest BCUT2D eigenvalue weighted by Gasteiger charge is -2.16. The number of nitrogens with zero attached hydrogens (tertiary/aromatic N) is 2. The van der Waals surface area contributed by atoms with Crippen LogP contribution in [-0.2, 0) is 13.1 Å². The highest BCUT2D eigenvalue weighted by Crippen LogP contribution is 2.30. The van der Waals surface area contributed by atoms with Gasteiger partial charge in [0.15, 0.2) is 25.5 Å². The molecule has 3 heterocycles. The average Bonchev–Trinajstić information content (AvgIpc) is 2.87. The molecule has 0 amide bonds. The van der Waals surface area contributed by atoms with Gasteiger partial charge in [-0.05, 0) is 42.7 Å². The molecule has 0 aliphatic carbocycles. The third-order valence-electron chi connectivity index (χ3n) is 6.92. The molecule has 2 aromatic heterocycles. The molecule has 0 saturated carbocycles. The Labute approximate surface area is 201 Å². The van der Waals surface area contributed by atoms with Crippen LogP contribution in [0.25, 0.3) is 33.6 Å². The number of hydrogen-bond acceptors (Lipinski definition) is 0. The molecule has 164 valence electrons. The number of aromatic nitrogens is 2. The third-order valence-corrected chi connectivity index (χ3v) is 6.92. The van der Waals surface area contributed by atoms with Gasteiger partial charge in [-0.1, -0.05) is 66.7 Å². The zero-order valence-corrected chi connectivity index (χ0v) is 19.7. The van der Waals surface area contributed by atoms with E-state index in [0.717, 1.165) is 13.1 Å². The first kappa shape index (κ1) is 20.6. The van der Waals surface area contributed by atoms with E-state index in [9.17, 15) is 0 Å². The third kappa shape index (κ3) is 3.62. The summed E-state index contributed by atoms with van der Waals surface area (Å²) in [5.74, 6) is 0. The van der Waals surface area contributed by atoms with Crippen LogP contribution < -0.4 is 9.13 Å². The quantitative estimate of drug-likeness (QED) is 0.266. The van der Waals surface area contributed by atoms with Gasteiger partial charge in [0.2, 0.25) is 11.4 Å². The fourth-order valence-corrected chi connectivity index (χ4v) is 5.16. The van der Waals surface area contributed by atoms with E-state index in [4.69, 9.17) is 0 Å². The van der Waals surface area contributed by atoms with Gasteiger partial charge in [0.1, 0.15) is 0 Å². The minimum atomic E-state index is 0.813. The molecule has 1 aliphatic heterocycles. The molecule has 2 nitrogen and oxygen atoms in total. The van der Waals surface area contributed by atoms with Crippen molar-refractivity contribution in [1.82, 2.24) is 0 Å². The summed E-state index contributed by atoms with van der Waals surface area (Å²) in [6, 6.07) is 35.3. The first-order valence-corrected chi connectivity index (χ1v) is 11.9. The second kappa shape index (κ2) is 8.39. The molecule has 34 heavy (non-hydrogen) atoms. The lowest BCUT2D eigenvalue weighted by Crippen LogP contribution is -2.41. The molecule has 0 fully saturated rings. The van der Waals surface area contributed by atoms with Gasteiger partial charge in [-0.25, -0.2) is 0 Å². The first-order chi connectivity index (χ1) is 16.7. The van der Waals surface area contributed by atoms with Crippen LogP contribution in [0, 0.1) is 13.8 Å². The van der Waals surface area contributed by atoms with E-state index in [0.29, 0.717) is 0 Å². The van der Waals surface area contributed by atoms with Gasteiger partial charge in [-0.15, -0.1) is 0 Å². The van der Waals surface area contributed by atoms with E-state index in [-0.39, 0.29) is 0 Å². The highest BCUT2D eigenvalue weighted by molar-refractivity contribution is 5.70. The topological polar surface area (TPSA) is 7.76 Å². The van der Waals surface area contributed by atoms with Crippen LogP contribution in [0.4, 0.5) is 0 Å². The van der Waals surface area contributed by atoms with Crippen molar-refractivity contribution < 1.29 is 9.13 Å². The lowest BCUT2D eigenvalue weighted by molar-refractivity contribution is -0.682. The number of aryl methyl sites for hydroxylation is 2. The summed E-state index contributed by atoms with van der Waals surface area (Å²) < 4.78 is 4.84. The maximum Gasteiger partial charge on any atom is 0.213 e. The molecular formula is C32H28N2+2. The van der Waals surface area contributed by atoms with Crippen molar-refractivity contribution in [3.05, 3.63) is 132 Å². The van der Waals surface area contributed by atoms with E-state index in [1.807, 2.05) is 0 Å². The van der Waals surface area contributed by atoms with Crippen LogP contribution in [0.5, 0.6) is 0 Å². The number of benzene rings is 3. The van der Waals surface area contributed by atoms with Crippen molar-refractivity contribution in [3.63, 3.8) is 0 Å². The summed E-state index contributed by atoms with van der Waals surface area (Å²) in [4.78, 5) is 0. The number of hydrogen-bond donors (Lipinski definition) is 0. The Hall–Kier alpha value is -4.04. The smallest absolute Gasteiger partial charge is 0.194 e. The minimum absolute atomic E-state index is 0.813. The molecule has 1 aliphatic rings. The normalized spacial score (nSPS) is 12.2. The highest BCUT2D eigenvalue weighted by atomic mass is 15.0. The largest absolute Gasteiger partial charge is 0.213 e. The number of fused-ring (bicyclic) bond motifs is 6. The molecule has 0 unspecified atom stereocenters. The van der Waals surface area contributed by atoms with Crippen molar-refractivity contribution >= 4 is 0 Å². The van der Waals surface area contributed by atoms with E-state index in [2.05, 4.69) is 132 Å². The molecular weight excluding hydrogens is 412 g/mol. The Balaban J connectivity index is 1.65. The fourth-order valence-electron chi connectivity index (χ4n) is 5.16. The highest BCUT2D eigenvalue weighted by Gasteiger charge is 2.27. The molecule has 0 saturated heterocycles. The predicted octanol–water partition coefficient (Wildman–Crippen LogP) is 6.29. The second-order valence-corrected chi connectivity index (χ2v) is 9.28. The molecule has 6 rings (SSSR count). The molecule has 2 heteroatoms. The molecule has 3 aromatic carbocycles. The van der Waals surface area contributed by atoms with Gasteiger partial charge >= 0.3 is 0 Å².